The molecular formula is C9H16N2O3. The second-order valence-electron chi connectivity index (χ2n) is 2.83. The maximum absolute atomic E-state index is 11.0. The minimum absolute atomic E-state index is 0.0117. The van der Waals surface area contributed by atoms with Crippen LogP contribution in [0.15, 0.2) is 0 Å². The molecule has 0 aliphatic carbocycles. The highest BCUT2D eigenvalue weighted by molar-refractivity contribution is 5.80. The highest BCUT2D eigenvalue weighted by Gasteiger charge is 2.09. The lowest BCUT2D eigenvalue weighted by molar-refractivity contribution is -0.122. The lowest BCUT2D eigenvalue weighted by atomic mass is 10.2. The van der Waals surface area contributed by atoms with Gasteiger partial charge < -0.3 is 15.2 Å². The number of nitrogens with one attached hydrogen (secondary N) is 1. The number of hydrogen-bond acceptors (Lipinski definition) is 4. The van der Waals surface area contributed by atoms with E-state index in [2.05, 4.69) is 5.32 Å². The predicted octanol–water partition coefficient (Wildman–Crippen LogP) is -0.339. The topological polar surface area (TPSA) is 82.4 Å². The Balaban J connectivity index is 3.28. The minimum Gasteiger partial charge on any atom is -0.394 e. The van der Waals surface area contributed by atoms with Crippen molar-refractivity contribution in [2.75, 3.05) is 26.4 Å². The molecule has 0 fully saturated rings. The first-order valence-electron chi connectivity index (χ1n) is 4.58. The van der Waals surface area contributed by atoms with Gasteiger partial charge in [-0.3, -0.25) is 4.79 Å². The molecule has 0 radical (unpaired) electrons. The van der Waals surface area contributed by atoms with Crippen LogP contribution in [-0.4, -0.2) is 37.4 Å². The zero-order valence-corrected chi connectivity index (χ0v) is 8.32. The van der Waals surface area contributed by atoms with Crippen molar-refractivity contribution in [1.29, 1.82) is 5.26 Å². The third kappa shape index (κ3) is 6.40. The van der Waals surface area contributed by atoms with Gasteiger partial charge in [0.2, 0.25) is 5.91 Å². The van der Waals surface area contributed by atoms with Crippen molar-refractivity contribution >= 4 is 5.91 Å². The van der Waals surface area contributed by atoms with Crippen LogP contribution in [0.2, 0.25) is 0 Å². The number of aliphatic hydroxyl groups excluding tert-OH is 1. The SMILES string of the molecule is CC(C#N)C(=O)NCCCOCCO. The summed E-state index contributed by atoms with van der Waals surface area (Å²) in [7, 11) is 0. The highest BCUT2D eigenvalue weighted by Crippen LogP contribution is 1.90. The fraction of sp³-hybridized carbons (Fsp3) is 0.778. The Morgan fingerprint density at radius 1 is 1.64 bits per heavy atom. The third-order valence-corrected chi connectivity index (χ3v) is 1.59. The summed E-state index contributed by atoms with van der Waals surface area (Å²) in [4.78, 5) is 11.0. The summed E-state index contributed by atoms with van der Waals surface area (Å²) >= 11 is 0. The summed E-state index contributed by atoms with van der Waals surface area (Å²) in [6, 6.07) is 1.85. The standard InChI is InChI=1S/C9H16N2O3/c1-8(7-10)9(13)11-3-2-5-14-6-4-12/h8,12H,2-6H2,1H3,(H,11,13). The molecule has 0 saturated heterocycles. The fourth-order valence-electron chi connectivity index (χ4n) is 0.764. The number of nitriles is 1. The molecule has 0 saturated carbocycles. The van der Waals surface area contributed by atoms with Crippen LogP contribution < -0.4 is 5.32 Å². The van der Waals surface area contributed by atoms with Gasteiger partial charge in [0.05, 0.1) is 19.3 Å². The van der Waals surface area contributed by atoms with E-state index in [0.717, 1.165) is 0 Å². The van der Waals surface area contributed by atoms with Gasteiger partial charge in [0.1, 0.15) is 5.92 Å². The van der Waals surface area contributed by atoms with E-state index in [1.54, 1.807) is 6.92 Å². The summed E-state index contributed by atoms with van der Waals surface area (Å²) in [5.41, 5.74) is 0. The Kier molecular flexibility index (Phi) is 7.80. The number of hydrogen-bond donors (Lipinski definition) is 2. The van der Waals surface area contributed by atoms with Crippen LogP contribution in [0.1, 0.15) is 13.3 Å². The second-order valence-corrected chi connectivity index (χ2v) is 2.83. The smallest absolute Gasteiger partial charge is 0.237 e. The molecule has 0 bridgehead atoms. The van der Waals surface area contributed by atoms with Gasteiger partial charge in [0.25, 0.3) is 0 Å². The molecule has 0 heterocycles. The van der Waals surface area contributed by atoms with E-state index in [1.807, 2.05) is 6.07 Å². The molecule has 1 unspecified atom stereocenters. The largest absolute Gasteiger partial charge is 0.394 e. The monoisotopic (exact) mass is 200 g/mol. The first-order chi connectivity index (χ1) is 6.72. The van der Waals surface area contributed by atoms with Gasteiger partial charge in [0, 0.05) is 13.2 Å². The van der Waals surface area contributed by atoms with Crippen molar-refractivity contribution < 1.29 is 14.6 Å². The zero-order valence-electron chi connectivity index (χ0n) is 8.32. The summed E-state index contributed by atoms with van der Waals surface area (Å²) in [5, 5.41) is 19.4. The van der Waals surface area contributed by atoms with Gasteiger partial charge in [-0.15, -0.1) is 0 Å². The van der Waals surface area contributed by atoms with E-state index in [1.165, 1.54) is 0 Å². The average molecular weight is 200 g/mol. The Labute approximate surface area is 83.7 Å². The Morgan fingerprint density at radius 3 is 2.93 bits per heavy atom. The van der Waals surface area contributed by atoms with Crippen molar-refractivity contribution in [2.45, 2.75) is 13.3 Å². The normalized spacial score (nSPS) is 11.8. The van der Waals surface area contributed by atoms with E-state index >= 15 is 0 Å². The Morgan fingerprint density at radius 2 is 2.36 bits per heavy atom. The van der Waals surface area contributed by atoms with Crippen molar-refractivity contribution in [3.63, 3.8) is 0 Å². The second kappa shape index (κ2) is 8.48. The zero-order chi connectivity index (χ0) is 10.8. The number of rotatable bonds is 7. The molecule has 5 heteroatoms. The molecule has 1 amide bonds. The minimum atomic E-state index is -0.603. The number of nitrogens with zero attached hydrogens (tertiary/aromatic N) is 1. The van der Waals surface area contributed by atoms with Crippen molar-refractivity contribution in [3.05, 3.63) is 0 Å². The van der Waals surface area contributed by atoms with Crippen molar-refractivity contribution in [1.82, 2.24) is 5.32 Å². The maximum Gasteiger partial charge on any atom is 0.237 e. The summed E-state index contributed by atoms with van der Waals surface area (Å²) in [6.45, 7) is 2.88. The van der Waals surface area contributed by atoms with Crippen LogP contribution in [0.4, 0.5) is 0 Å². The number of carbonyl (C=O) groups is 1. The molecule has 80 valence electrons. The van der Waals surface area contributed by atoms with E-state index in [-0.39, 0.29) is 12.5 Å². The molecule has 0 aromatic rings. The quantitative estimate of drug-likeness (QED) is 0.551. The molecule has 0 aromatic heterocycles. The number of carbonyl (C=O) groups excluding carboxylic acids is 1. The molecular weight excluding hydrogens is 184 g/mol. The maximum atomic E-state index is 11.0. The summed E-state index contributed by atoms with van der Waals surface area (Å²) in [5.74, 6) is -0.858. The molecule has 1 atom stereocenters. The molecule has 5 nitrogen and oxygen atoms in total. The van der Waals surface area contributed by atoms with E-state index in [9.17, 15) is 4.79 Å². The van der Waals surface area contributed by atoms with Gasteiger partial charge in [-0.25, -0.2) is 0 Å². The van der Waals surface area contributed by atoms with E-state index < -0.39 is 5.92 Å². The number of ether oxygens (including phenoxy) is 1. The lowest BCUT2D eigenvalue weighted by Crippen LogP contribution is -2.29. The van der Waals surface area contributed by atoms with Crippen LogP contribution in [0.5, 0.6) is 0 Å². The van der Waals surface area contributed by atoms with Gasteiger partial charge in [-0.05, 0) is 13.3 Å². The average Bonchev–Trinajstić information content (AvgIpc) is 2.21. The molecule has 0 spiro atoms. The van der Waals surface area contributed by atoms with Gasteiger partial charge in [-0.2, -0.15) is 5.26 Å². The third-order valence-electron chi connectivity index (χ3n) is 1.59. The van der Waals surface area contributed by atoms with Crippen LogP contribution in [0.3, 0.4) is 0 Å². The van der Waals surface area contributed by atoms with Crippen molar-refractivity contribution in [3.8, 4) is 6.07 Å². The highest BCUT2D eigenvalue weighted by atomic mass is 16.5. The van der Waals surface area contributed by atoms with Crippen LogP contribution in [0, 0.1) is 17.2 Å². The molecule has 0 rings (SSSR count). The molecule has 0 aromatic carbocycles. The van der Waals surface area contributed by atoms with Crippen LogP contribution in [0.25, 0.3) is 0 Å². The first kappa shape index (κ1) is 12.9. The fourth-order valence-corrected chi connectivity index (χ4v) is 0.764. The van der Waals surface area contributed by atoms with Crippen molar-refractivity contribution in [2.24, 2.45) is 5.92 Å². The number of aliphatic hydroxyl groups is 1. The summed E-state index contributed by atoms with van der Waals surface area (Å²) in [6.07, 6.45) is 0.684. The van der Waals surface area contributed by atoms with Crippen LogP contribution >= 0.6 is 0 Å². The van der Waals surface area contributed by atoms with Crippen LogP contribution in [-0.2, 0) is 9.53 Å². The van der Waals surface area contributed by atoms with E-state index in [4.69, 9.17) is 15.1 Å². The Hall–Kier alpha value is -1.12. The predicted molar refractivity (Wildman–Crippen MR) is 50.3 cm³/mol. The summed E-state index contributed by atoms with van der Waals surface area (Å²) < 4.78 is 4.99. The van der Waals surface area contributed by atoms with Gasteiger partial charge in [-0.1, -0.05) is 0 Å². The Bertz CT molecular complexity index is 201. The first-order valence-corrected chi connectivity index (χ1v) is 4.58. The number of amides is 1. The van der Waals surface area contributed by atoms with E-state index in [0.29, 0.717) is 26.2 Å². The van der Waals surface area contributed by atoms with Gasteiger partial charge in [0.15, 0.2) is 0 Å². The molecule has 0 aliphatic heterocycles. The molecule has 0 aliphatic rings. The van der Waals surface area contributed by atoms with Gasteiger partial charge >= 0.3 is 0 Å². The lowest BCUT2D eigenvalue weighted by Gasteiger charge is -2.06. The molecule has 2 N–H and O–H groups in total. The molecule has 14 heavy (non-hydrogen) atoms.